The smallest absolute Gasteiger partial charge is 0.303 e. The van der Waals surface area contributed by atoms with Crippen molar-refractivity contribution in [3.05, 3.63) is 48.0 Å². The van der Waals surface area contributed by atoms with Crippen LogP contribution in [0.25, 0.3) is 10.8 Å². The molecule has 0 N–H and O–H groups in total. The lowest BCUT2D eigenvalue weighted by atomic mass is 9.81. The number of carbonyl (C=O) groups is 1. The fourth-order valence-electron chi connectivity index (χ4n) is 3.84. The minimum Gasteiger partial charge on any atom is -0.454 e. The van der Waals surface area contributed by atoms with Gasteiger partial charge in [-0.05, 0) is 23.7 Å². The van der Waals surface area contributed by atoms with E-state index in [0.29, 0.717) is 0 Å². The average Bonchev–Trinajstić information content (AvgIpc) is 2.60. The van der Waals surface area contributed by atoms with Crippen molar-refractivity contribution in [2.45, 2.75) is 45.1 Å². The topological polar surface area (TPSA) is 29.5 Å². The second-order valence-corrected chi connectivity index (χ2v) is 6.81. The minimum absolute atomic E-state index is 0.190. The van der Waals surface area contributed by atoms with Crippen LogP contribution in [0.5, 0.6) is 0 Å². The van der Waals surface area contributed by atoms with Crippen molar-refractivity contribution >= 4 is 16.7 Å². The van der Waals surface area contributed by atoms with Crippen LogP contribution in [0.2, 0.25) is 0 Å². The minimum atomic E-state index is -0.491. The molecular weight excluding hydrogens is 298 g/mol. The van der Waals surface area contributed by atoms with Crippen LogP contribution in [0.3, 0.4) is 0 Å². The van der Waals surface area contributed by atoms with Crippen LogP contribution in [0.1, 0.15) is 45.1 Å². The first kappa shape index (κ1) is 17.0. The van der Waals surface area contributed by atoms with Gasteiger partial charge in [0.25, 0.3) is 0 Å². The third-order valence-corrected chi connectivity index (χ3v) is 5.11. The van der Waals surface area contributed by atoms with Gasteiger partial charge in [0.1, 0.15) is 5.60 Å². The molecule has 2 aromatic carbocycles. The Morgan fingerprint density at radius 2 is 1.83 bits per heavy atom. The van der Waals surface area contributed by atoms with E-state index in [-0.39, 0.29) is 5.97 Å². The molecule has 0 saturated carbocycles. The number of nitrogens with zero attached hydrogens (tertiary/aromatic N) is 1. The Morgan fingerprint density at radius 3 is 2.54 bits per heavy atom. The molecule has 0 aromatic heterocycles. The molecule has 1 fully saturated rings. The summed E-state index contributed by atoms with van der Waals surface area (Å²) in [5.41, 5.74) is 0.668. The number of ether oxygens (including phenoxy) is 1. The quantitative estimate of drug-likeness (QED) is 0.758. The van der Waals surface area contributed by atoms with Gasteiger partial charge in [-0.2, -0.15) is 0 Å². The van der Waals surface area contributed by atoms with Crippen molar-refractivity contribution in [2.24, 2.45) is 0 Å². The number of fused-ring (bicyclic) bond motifs is 1. The zero-order valence-corrected chi connectivity index (χ0v) is 14.8. The molecule has 0 atom stereocenters. The molecule has 1 heterocycles. The van der Waals surface area contributed by atoms with E-state index in [0.717, 1.165) is 38.0 Å². The van der Waals surface area contributed by atoms with Gasteiger partial charge in [0, 0.05) is 38.4 Å². The second kappa shape index (κ2) is 7.35. The third kappa shape index (κ3) is 3.46. The number of rotatable bonds is 5. The number of hydrogen-bond acceptors (Lipinski definition) is 3. The van der Waals surface area contributed by atoms with Crippen molar-refractivity contribution in [3.63, 3.8) is 0 Å². The van der Waals surface area contributed by atoms with Gasteiger partial charge >= 0.3 is 5.97 Å². The first-order valence-corrected chi connectivity index (χ1v) is 9.05. The molecule has 3 heteroatoms. The van der Waals surface area contributed by atoms with Gasteiger partial charge in [-0.3, -0.25) is 4.79 Å². The van der Waals surface area contributed by atoms with Crippen molar-refractivity contribution in [1.82, 2.24) is 4.90 Å². The van der Waals surface area contributed by atoms with Crippen molar-refractivity contribution < 1.29 is 9.53 Å². The van der Waals surface area contributed by atoms with Gasteiger partial charge in [-0.1, -0.05) is 55.8 Å². The van der Waals surface area contributed by atoms with E-state index in [1.807, 2.05) is 0 Å². The molecule has 128 valence electrons. The van der Waals surface area contributed by atoms with Crippen molar-refractivity contribution in [3.8, 4) is 0 Å². The van der Waals surface area contributed by atoms with Gasteiger partial charge in [-0.15, -0.1) is 0 Å². The second-order valence-electron chi connectivity index (χ2n) is 6.81. The number of benzene rings is 2. The lowest BCUT2D eigenvalue weighted by Crippen LogP contribution is -2.45. The van der Waals surface area contributed by atoms with Crippen LogP contribution in [0.15, 0.2) is 42.5 Å². The average molecular weight is 325 g/mol. The molecule has 0 radical (unpaired) electrons. The normalized spacial score (nSPS) is 17.8. The highest BCUT2D eigenvalue weighted by Gasteiger charge is 2.40. The Kier molecular flexibility index (Phi) is 5.20. The lowest BCUT2D eigenvalue weighted by Gasteiger charge is -2.42. The molecule has 3 nitrogen and oxygen atoms in total. The van der Waals surface area contributed by atoms with Gasteiger partial charge in [0.2, 0.25) is 0 Å². The molecule has 24 heavy (non-hydrogen) atoms. The monoisotopic (exact) mass is 325 g/mol. The Labute approximate surface area is 144 Å². The van der Waals surface area contributed by atoms with Crippen molar-refractivity contribution in [1.29, 1.82) is 0 Å². The van der Waals surface area contributed by atoms with E-state index in [4.69, 9.17) is 4.74 Å². The van der Waals surface area contributed by atoms with Crippen molar-refractivity contribution in [2.75, 3.05) is 19.6 Å². The van der Waals surface area contributed by atoms with Gasteiger partial charge in [0.15, 0.2) is 0 Å². The first-order chi connectivity index (χ1) is 11.6. The van der Waals surface area contributed by atoms with Crippen LogP contribution in [-0.4, -0.2) is 30.5 Å². The van der Waals surface area contributed by atoms with E-state index < -0.39 is 5.60 Å². The maximum atomic E-state index is 11.8. The number of carbonyl (C=O) groups excluding carboxylic acids is 1. The van der Waals surface area contributed by atoms with Crippen LogP contribution in [0.4, 0.5) is 0 Å². The van der Waals surface area contributed by atoms with E-state index in [1.165, 1.54) is 30.5 Å². The van der Waals surface area contributed by atoms with Crippen LogP contribution < -0.4 is 0 Å². The molecule has 1 saturated heterocycles. The zero-order chi connectivity index (χ0) is 17.0. The highest BCUT2D eigenvalue weighted by Crippen LogP contribution is 2.40. The fourth-order valence-corrected chi connectivity index (χ4v) is 3.84. The summed E-state index contributed by atoms with van der Waals surface area (Å²) in [6.45, 7) is 6.86. The predicted molar refractivity (Wildman–Crippen MR) is 98.0 cm³/mol. The van der Waals surface area contributed by atoms with Gasteiger partial charge in [0.05, 0.1) is 0 Å². The highest BCUT2D eigenvalue weighted by atomic mass is 16.6. The van der Waals surface area contributed by atoms with Gasteiger partial charge in [-0.25, -0.2) is 0 Å². The SMILES string of the molecule is CCCCN1CCC(OC(C)=O)(c2cccc3ccccc23)CC1. The molecule has 1 aliphatic heterocycles. The van der Waals surface area contributed by atoms with E-state index in [1.54, 1.807) is 0 Å². The third-order valence-electron chi connectivity index (χ3n) is 5.11. The molecule has 0 spiro atoms. The first-order valence-electron chi connectivity index (χ1n) is 9.05. The standard InChI is InChI=1S/C21H27NO2/c1-3-4-14-22-15-12-21(13-16-22,24-17(2)23)20-11-7-9-18-8-5-6-10-19(18)20/h5-11H,3-4,12-16H2,1-2H3. The van der Waals surface area contributed by atoms with Crippen LogP contribution in [-0.2, 0) is 15.1 Å². The Bertz CT molecular complexity index is 697. The Morgan fingerprint density at radius 1 is 1.12 bits per heavy atom. The number of esters is 1. The van der Waals surface area contributed by atoms with E-state index in [9.17, 15) is 4.79 Å². The van der Waals surface area contributed by atoms with E-state index in [2.05, 4.69) is 54.3 Å². The summed E-state index contributed by atoms with van der Waals surface area (Å²) >= 11 is 0. The number of hydrogen-bond donors (Lipinski definition) is 0. The Balaban J connectivity index is 1.94. The molecule has 0 bridgehead atoms. The van der Waals surface area contributed by atoms with E-state index >= 15 is 0 Å². The molecule has 3 rings (SSSR count). The maximum Gasteiger partial charge on any atom is 0.303 e. The predicted octanol–water partition coefficient (Wildman–Crippen LogP) is 4.49. The molecular formula is C21H27NO2. The molecule has 0 amide bonds. The summed E-state index contributed by atoms with van der Waals surface area (Å²) in [6.07, 6.45) is 4.18. The van der Waals surface area contributed by atoms with Gasteiger partial charge < -0.3 is 9.64 Å². The largest absolute Gasteiger partial charge is 0.454 e. The molecule has 1 aliphatic rings. The number of unbranched alkanes of at least 4 members (excludes halogenated alkanes) is 1. The van der Waals surface area contributed by atoms with Crippen LogP contribution >= 0.6 is 0 Å². The highest BCUT2D eigenvalue weighted by molar-refractivity contribution is 5.86. The Hall–Kier alpha value is -1.87. The molecule has 2 aromatic rings. The maximum absolute atomic E-state index is 11.8. The summed E-state index contributed by atoms with van der Waals surface area (Å²) in [5, 5.41) is 2.40. The summed E-state index contributed by atoms with van der Waals surface area (Å²) < 4.78 is 5.96. The summed E-state index contributed by atoms with van der Waals surface area (Å²) in [4.78, 5) is 14.3. The summed E-state index contributed by atoms with van der Waals surface area (Å²) in [5.74, 6) is -0.190. The molecule has 0 unspecified atom stereocenters. The van der Waals surface area contributed by atoms with Crippen LogP contribution in [0, 0.1) is 0 Å². The lowest BCUT2D eigenvalue weighted by molar-refractivity contribution is -0.163. The summed E-state index contributed by atoms with van der Waals surface area (Å²) in [7, 11) is 0. The zero-order valence-electron chi connectivity index (χ0n) is 14.8. The fraction of sp³-hybridized carbons (Fsp3) is 0.476. The summed E-state index contributed by atoms with van der Waals surface area (Å²) in [6, 6.07) is 14.7. The number of likely N-dealkylation sites (tertiary alicyclic amines) is 1. The molecule has 0 aliphatic carbocycles. The number of piperidine rings is 1.